The highest BCUT2D eigenvalue weighted by molar-refractivity contribution is 6.07. The number of aromatic nitrogens is 5. The van der Waals surface area contributed by atoms with Crippen LogP contribution in [-0.2, 0) is 23.9 Å². The molecule has 0 radical (unpaired) electrons. The van der Waals surface area contributed by atoms with Crippen LogP contribution < -0.4 is 10.6 Å². The molecule has 1 aliphatic heterocycles. The Hall–Kier alpha value is -4.80. The fourth-order valence-electron chi connectivity index (χ4n) is 4.56. The predicted molar refractivity (Wildman–Crippen MR) is 124 cm³/mol. The van der Waals surface area contributed by atoms with Gasteiger partial charge in [-0.15, -0.1) is 0 Å². The molecule has 6 rings (SSSR count). The van der Waals surface area contributed by atoms with Crippen LogP contribution in [0.4, 0.5) is 9.18 Å². The van der Waals surface area contributed by atoms with Crippen molar-refractivity contribution in [2.24, 2.45) is 7.05 Å². The number of nitrogens with zero attached hydrogens (tertiary/aromatic N) is 5. The lowest BCUT2D eigenvalue weighted by atomic mass is 9.88. The lowest BCUT2D eigenvalue weighted by Crippen LogP contribution is -2.47. The van der Waals surface area contributed by atoms with Gasteiger partial charge >= 0.3 is 6.03 Å². The van der Waals surface area contributed by atoms with Crippen molar-refractivity contribution in [2.45, 2.75) is 12.1 Å². The summed E-state index contributed by atoms with van der Waals surface area (Å²) >= 11 is 0. The van der Waals surface area contributed by atoms with Crippen LogP contribution in [0.5, 0.6) is 5.88 Å². The van der Waals surface area contributed by atoms with E-state index in [9.17, 15) is 19.1 Å². The van der Waals surface area contributed by atoms with Crippen LogP contribution in [-0.4, -0.2) is 41.1 Å². The normalized spacial score (nSPS) is 17.8. The molecule has 1 aliphatic rings. The van der Waals surface area contributed by atoms with E-state index in [1.54, 1.807) is 41.4 Å². The van der Waals surface area contributed by atoms with Crippen LogP contribution in [0.3, 0.4) is 0 Å². The van der Waals surface area contributed by atoms with Gasteiger partial charge in [0.2, 0.25) is 0 Å². The number of fused-ring (bicyclic) bond motifs is 2. The van der Waals surface area contributed by atoms with E-state index in [1.807, 2.05) is 7.05 Å². The van der Waals surface area contributed by atoms with Gasteiger partial charge in [-0.1, -0.05) is 24.3 Å². The first-order chi connectivity index (χ1) is 16.9. The molecule has 174 valence electrons. The molecular weight excluding hydrogens is 453 g/mol. The molecular formula is C24H18FN7O3. The van der Waals surface area contributed by atoms with Crippen LogP contribution >= 0.6 is 0 Å². The second-order valence-corrected chi connectivity index (χ2v) is 8.45. The topological polar surface area (TPSA) is 127 Å². The first-order valence-corrected chi connectivity index (χ1v) is 10.7. The van der Waals surface area contributed by atoms with E-state index in [-0.39, 0.29) is 12.4 Å². The summed E-state index contributed by atoms with van der Waals surface area (Å²) in [5.41, 5.74) is 1.72. The first kappa shape index (κ1) is 20.8. The number of benzene rings is 2. The van der Waals surface area contributed by atoms with Crippen LogP contribution in [0.25, 0.3) is 33.2 Å². The van der Waals surface area contributed by atoms with Gasteiger partial charge in [0, 0.05) is 29.6 Å². The highest BCUT2D eigenvalue weighted by Gasteiger charge is 2.48. The molecule has 0 aliphatic carbocycles. The molecule has 10 nitrogen and oxygen atoms in total. The summed E-state index contributed by atoms with van der Waals surface area (Å²) in [6.45, 7) is -0.107. The summed E-state index contributed by atoms with van der Waals surface area (Å²) < 4.78 is 16.9. The number of aryl methyl sites for hydroxylation is 1. The number of aromatic hydroxyl groups is 1. The van der Waals surface area contributed by atoms with Crippen molar-refractivity contribution in [3.8, 4) is 17.1 Å². The van der Waals surface area contributed by atoms with Crippen molar-refractivity contribution in [1.29, 1.82) is 0 Å². The number of hydrogen-bond donors (Lipinski definition) is 3. The number of carbonyl (C=O) groups excluding carboxylic acids is 2. The minimum atomic E-state index is -1.49. The Labute approximate surface area is 197 Å². The summed E-state index contributed by atoms with van der Waals surface area (Å²) in [5, 5.41) is 16.6. The second-order valence-electron chi connectivity index (χ2n) is 8.45. The highest BCUT2D eigenvalue weighted by Crippen LogP contribution is 2.34. The number of rotatable bonds is 4. The molecule has 35 heavy (non-hydrogen) atoms. The molecule has 3 amide bonds. The summed E-state index contributed by atoms with van der Waals surface area (Å²) in [7, 11) is 1.84. The molecule has 0 saturated carbocycles. The molecule has 11 heteroatoms. The maximum Gasteiger partial charge on any atom is 0.322 e. The molecule has 3 N–H and O–H groups in total. The Morgan fingerprint density at radius 3 is 2.63 bits per heavy atom. The number of imide groups is 1. The van der Waals surface area contributed by atoms with E-state index in [0.717, 1.165) is 5.56 Å². The van der Waals surface area contributed by atoms with Gasteiger partial charge in [-0.05, 0) is 23.8 Å². The molecule has 5 aromatic rings. The Morgan fingerprint density at radius 1 is 1.09 bits per heavy atom. The molecule has 1 saturated heterocycles. The largest absolute Gasteiger partial charge is 0.494 e. The van der Waals surface area contributed by atoms with Crippen LogP contribution in [0.15, 0.2) is 61.3 Å². The zero-order valence-electron chi connectivity index (χ0n) is 18.4. The monoisotopic (exact) mass is 471 g/mol. The lowest BCUT2D eigenvalue weighted by Gasteiger charge is -2.27. The van der Waals surface area contributed by atoms with Crippen molar-refractivity contribution in [2.75, 3.05) is 0 Å². The number of nitrogens with one attached hydrogen (secondary N) is 2. The molecule has 0 spiro atoms. The van der Waals surface area contributed by atoms with E-state index in [1.165, 1.54) is 29.1 Å². The fraction of sp³-hybridized carbons (Fsp3) is 0.125. The van der Waals surface area contributed by atoms with Crippen molar-refractivity contribution < 1.29 is 19.1 Å². The van der Waals surface area contributed by atoms with E-state index >= 15 is 0 Å². The third kappa shape index (κ3) is 3.12. The third-order valence-electron chi connectivity index (χ3n) is 6.32. The minimum Gasteiger partial charge on any atom is -0.494 e. The van der Waals surface area contributed by atoms with Crippen molar-refractivity contribution in [1.82, 2.24) is 34.7 Å². The quantitative estimate of drug-likeness (QED) is 0.346. The summed E-state index contributed by atoms with van der Waals surface area (Å²) in [6.07, 6.45) is 4.72. The second kappa shape index (κ2) is 7.35. The van der Waals surface area contributed by atoms with Gasteiger partial charge in [-0.25, -0.2) is 24.1 Å². The Kier molecular flexibility index (Phi) is 4.37. The maximum absolute atomic E-state index is 13.7. The van der Waals surface area contributed by atoms with Gasteiger partial charge in [0.05, 0.1) is 12.9 Å². The van der Waals surface area contributed by atoms with Gasteiger partial charge in [0.15, 0.2) is 17.1 Å². The predicted octanol–water partition coefficient (Wildman–Crippen LogP) is 2.56. The zero-order chi connectivity index (χ0) is 24.3. The molecule has 2 aromatic carbocycles. The van der Waals surface area contributed by atoms with E-state index in [2.05, 4.69) is 25.6 Å². The maximum atomic E-state index is 13.7. The van der Waals surface area contributed by atoms with Gasteiger partial charge in [-0.3, -0.25) is 10.1 Å². The van der Waals surface area contributed by atoms with Gasteiger partial charge in [0.25, 0.3) is 5.91 Å². The van der Waals surface area contributed by atoms with Crippen LogP contribution in [0, 0.1) is 5.82 Å². The summed E-state index contributed by atoms with van der Waals surface area (Å²) in [6, 6.07) is 10.4. The first-order valence-electron chi connectivity index (χ1n) is 10.7. The molecule has 4 heterocycles. The molecule has 1 fully saturated rings. The molecule has 1 atom stereocenters. The Morgan fingerprint density at radius 2 is 1.89 bits per heavy atom. The number of carbonyl (C=O) groups is 2. The molecule has 3 aromatic heterocycles. The summed E-state index contributed by atoms with van der Waals surface area (Å²) in [5.74, 6) is -1.26. The van der Waals surface area contributed by atoms with Crippen LogP contribution in [0.2, 0.25) is 0 Å². The van der Waals surface area contributed by atoms with Crippen molar-refractivity contribution in [3.63, 3.8) is 0 Å². The SMILES string of the molecule is Cn1cnc2c(-c3ccc([C@@]4(Cn5cc6ccc(F)cc6c5O)NC(=O)NC4=O)cc3)ncnc21. The zero-order valence-corrected chi connectivity index (χ0v) is 18.4. The van der Waals surface area contributed by atoms with E-state index in [4.69, 9.17) is 0 Å². The number of amides is 3. The van der Waals surface area contributed by atoms with Gasteiger partial charge < -0.3 is 19.6 Å². The molecule has 0 bridgehead atoms. The van der Waals surface area contributed by atoms with Crippen LogP contribution in [0.1, 0.15) is 5.56 Å². The number of hydrogen-bond acceptors (Lipinski definition) is 6. The smallest absolute Gasteiger partial charge is 0.322 e. The number of imidazole rings is 1. The van der Waals surface area contributed by atoms with Crippen molar-refractivity contribution >= 4 is 33.9 Å². The average Bonchev–Trinajstić information content (AvgIpc) is 3.48. The Balaban J connectivity index is 1.43. The number of halogens is 1. The highest BCUT2D eigenvalue weighted by atomic mass is 19.1. The lowest BCUT2D eigenvalue weighted by molar-refractivity contribution is -0.124. The van der Waals surface area contributed by atoms with Crippen molar-refractivity contribution in [3.05, 3.63) is 72.7 Å². The Bertz CT molecular complexity index is 1660. The van der Waals surface area contributed by atoms with E-state index < -0.39 is 23.3 Å². The van der Waals surface area contributed by atoms with Gasteiger partial charge in [-0.2, -0.15) is 0 Å². The van der Waals surface area contributed by atoms with E-state index in [0.29, 0.717) is 33.2 Å². The average molecular weight is 471 g/mol. The third-order valence-corrected chi connectivity index (χ3v) is 6.32. The molecule has 0 unspecified atom stereocenters. The number of urea groups is 1. The minimum absolute atomic E-state index is 0.107. The van der Waals surface area contributed by atoms with Gasteiger partial charge in [0.1, 0.15) is 23.4 Å². The summed E-state index contributed by atoms with van der Waals surface area (Å²) in [4.78, 5) is 38.2. The fourth-order valence-corrected chi connectivity index (χ4v) is 4.56. The standard InChI is InChI=1S/C24H18FN7O3/c1-31-12-28-19-18(26-11-27-20(19)31)13-2-5-15(6-3-13)24(22(34)29-23(35)30-24)10-32-9-14-4-7-16(25)8-17(14)21(32)33/h2-9,11-12,33H,10H2,1H3,(H2,29,30,34,35)/t24-/m1/s1.